The van der Waals surface area contributed by atoms with Crippen molar-refractivity contribution in [2.75, 3.05) is 14.1 Å². The molecule has 0 saturated carbocycles. The van der Waals surface area contributed by atoms with Crippen LogP contribution in [0.2, 0.25) is 0 Å². The molecule has 0 aromatic carbocycles. The summed E-state index contributed by atoms with van der Waals surface area (Å²) in [6.45, 7) is 0. The molecule has 0 fully saturated rings. The lowest BCUT2D eigenvalue weighted by atomic mass is 10.0. The van der Waals surface area contributed by atoms with E-state index in [1.807, 2.05) is 44.5 Å². The Morgan fingerprint density at radius 3 is 2.92 bits per heavy atom. The number of hydrogen-bond acceptors (Lipinski definition) is 5. The Labute approximate surface area is 143 Å². The van der Waals surface area contributed by atoms with E-state index in [1.54, 1.807) is 0 Å². The van der Waals surface area contributed by atoms with E-state index in [0.29, 0.717) is 5.70 Å². The molecule has 0 aliphatic heterocycles. The van der Waals surface area contributed by atoms with Gasteiger partial charge in [0.25, 0.3) is 5.91 Å². The quantitative estimate of drug-likeness (QED) is 0.842. The fourth-order valence-electron chi connectivity index (χ4n) is 2.86. The van der Waals surface area contributed by atoms with Crippen molar-refractivity contribution >= 4 is 24.1 Å². The Hall–Kier alpha value is -3.35. The van der Waals surface area contributed by atoms with Gasteiger partial charge in [0.2, 0.25) is 5.82 Å². The molecular formula is C18H17N5O2. The van der Waals surface area contributed by atoms with E-state index in [4.69, 9.17) is 4.42 Å². The van der Waals surface area contributed by atoms with Gasteiger partial charge in [0, 0.05) is 43.0 Å². The maximum atomic E-state index is 12.2. The second-order valence-corrected chi connectivity index (χ2v) is 6.03. The molecule has 2 N–H and O–H groups in total. The smallest absolute Gasteiger partial charge is 0.292 e. The summed E-state index contributed by atoms with van der Waals surface area (Å²) >= 11 is 0. The zero-order valence-corrected chi connectivity index (χ0v) is 13.9. The third-order valence-corrected chi connectivity index (χ3v) is 4.18. The Morgan fingerprint density at radius 2 is 2.16 bits per heavy atom. The molecule has 0 spiro atoms. The largest absolute Gasteiger partial charge is 0.456 e. The second-order valence-electron chi connectivity index (χ2n) is 6.03. The van der Waals surface area contributed by atoms with Gasteiger partial charge in [0.15, 0.2) is 0 Å². The SMILES string of the molecule is CN(C)C1=CC=c2oc3c(c2C1)C=C(NC(=O)c1ncn[nH]1)C=CC=3. The van der Waals surface area contributed by atoms with Crippen molar-refractivity contribution in [2.24, 2.45) is 0 Å². The molecule has 0 unspecified atom stereocenters. The van der Waals surface area contributed by atoms with Crippen LogP contribution >= 0.6 is 0 Å². The molecule has 2 aliphatic carbocycles. The van der Waals surface area contributed by atoms with Crippen molar-refractivity contribution in [2.45, 2.75) is 6.42 Å². The highest BCUT2D eigenvalue weighted by molar-refractivity contribution is 5.92. The number of hydrogen-bond donors (Lipinski definition) is 2. The van der Waals surface area contributed by atoms with E-state index in [0.717, 1.165) is 28.4 Å². The molecule has 126 valence electrons. The lowest BCUT2D eigenvalue weighted by Crippen LogP contribution is -2.23. The van der Waals surface area contributed by atoms with Crippen LogP contribution in [0, 0.1) is 0 Å². The molecule has 2 aromatic heterocycles. The molecule has 7 heteroatoms. The maximum Gasteiger partial charge on any atom is 0.292 e. The zero-order valence-electron chi connectivity index (χ0n) is 13.9. The highest BCUT2D eigenvalue weighted by atomic mass is 16.3. The Bertz CT molecular complexity index is 1040. The van der Waals surface area contributed by atoms with E-state index in [2.05, 4.69) is 31.5 Å². The van der Waals surface area contributed by atoms with Gasteiger partial charge in [-0.15, -0.1) is 0 Å². The van der Waals surface area contributed by atoms with Crippen LogP contribution in [0.15, 0.2) is 40.4 Å². The Balaban J connectivity index is 1.70. The predicted octanol–water partition coefficient (Wildman–Crippen LogP) is 0.301. The van der Waals surface area contributed by atoms with Gasteiger partial charge in [0.1, 0.15) is 17.2 Å². The van der Waals surface area contributed by atoms with Gasteiger partial charge < -0.3 is 14.6 Å². The fourth-order valence-corrected chi connectivity index (χ4v) is 2.86. The molecule has 2 heterocycles. The lowest BCUT2D eigenvalue weighted by molar-refractivity contribution is 0.0957. The summed E-state index contributed by atoms with van der Waals surface area (Å²) < 4.78 is 5.95. The number of carbonyl (C=O) groups excluding carboxylic acids is 1. The van der Waals surface area contributed by atoms with Crippen molar-refractivity contribution in [1.82, 2.24) is 25.4 Å². The second kappa shape index (κ2) is 5.94. The first-order valence-corrected chi connectivity index (χ1v) is 7.88. The van der Waals surface area contributed by atoms with Crippen molar-refractivity contribution in [1.29, 1.82) is 0 Å². The van der Waals surface area contributed by atoms with Gasteiger partial charge >= 0.3 is 0 Å². The number of nitrogens with one attached hydrogen (secondary N) is 2. The molecular weight excluding hydrogens is 318 g/mol. The summed E-state index contributed by atoms with van der Waals surface area (Å²) in [6.07, 6.45) is 13.7. The fraction of sp³-hybridized carbons (Fsp3) is 0.167. The third-order valence-electron chi connectivity index (χ3n) is 4.18. The third kappa shape index (κ3) is 2.80. The molecule has 7 nitrogen and oxygen atoms in total. The molecule has 2 aromatic rings. The number of aromatic amines is 1. The number of carbonyl (C=O) groups is 1. The van der Waals surface area contributed by atoms with Crippen molar-refractivity contribution in [3.05, 3.63) is 63.7 Å². The summed E-state index contributed by atoms with van der Waals surface area (Å²) in [5, 5.41) is 9.09. The van der Waals surface area contributed by atoms with Crippen LogP contribution in [0.3, 0.4) is 0 Å². The van der Waals surface area contributed by atoms with Crippen LogP contribution in [0.5, 0.6) is 0 Å². The van der Waals surface area contributed by atoms with Crippen molar-refractivity contribution < 1.29 is 9.21 Å². The Morgan fingerprint density at radius 1 is 1.28 bits per heavy atom. The van der Waals surface area contributed by atoms with E-state index < -0.39 is 0 Å². The molecule has 2 aliphatic rings. The number of fused-ring (bicyclic) bond motifs is 3. The summed E-state index contributed by atoms with van der Waals surface area (Å²) in [4.78, 5) is 18.1. The van der Waals surface area contributed by atoms with Gasteiger partial charge in [0.05, 0.1) is 0 Å². The van der Waals surface area contributed by atoms with Crippen LogP contribution in [0.4, 0.5) is 0 Å². The van der Waals surface area contributed by atoms with Crippen molar-refractivity contribution in [3.63, 3.8) is 0 Å². The zero-order chi connectivity index (χ0) is 17.4. The predicted molar refractivity (Wildman–Crippen MR) is 93.3 cm³/mol. The summed E-state index contributed by atoms with van der Waals surface area (Å²) in [7, 11) is 4.05. The minimum Gasteiger partial charge on any atom is -0.456 e. The number of H-pyrrole nitrogens is 1. The summed E-state index contributed by atoms with van der Waals surface area (Å²) in [6, 6.07) is 0. The van der Waals surface area contributed by atoms with Crippen LogP contribution in [-0.2, 0) is 6.42 Å². The molecule has 4 rings (SSSR count). The van der Waals surface area contributed by atoms with Gasteiger partial charge in [-0.25, -0.2) is 4.98 Å². The number of allylic oxidation sites excluding steroid dienone is 4. The van der Waals surface area contributed by atoms with E-state index in [9.17, 15) is 4.79 Å². The van der Waals surface area contributed by atoms with Crippen LogP contribution in [-0.4, -0.2) is 40.1 Å². The molecule has 25 heavy (non-hydrogen) atoms. The van der Waals surface area contributed by atoms with Gasteiger partial charge in [-0.05, 0) is 30.4 Å². The first kappa shape index (κ1) is 15.2. The molecule has 1 amide bonds. The number of furan rings is 1. The van der Waals surface area contributed by atoms with Crippen LogP contribution in [0.1, 0.15) is 21.7 Å². The van der Waals surface area contributed by atoms with E-state index in [-0.39, 0.29) is 11.7 Å². The molecule has 0 bridgehead atoms. The highest BCUT2D eigenvalue weighted by Gasteiger charge is 2.18. The number of amides is 1. The topological polar surface area (TPSA) is 87.1 Å². The van der Waals surface area contributed by atoms with E-state index >= 15 is 0 Å². The molecule has 0 radical (unpaired) electrons. The monoisotopic (exact) mass is 335 g/mol. The molecule has 0 atom stereocenters. The maximum absolute atomic E-state index is 12.2. The number of rotatable bonds is 3. The minimum absolute atomic E-state index is 0.170. The van der Waals surface area contributed by atoms with E-state index in [1.165, 1.54) is 12.0 Å². The van der Waals surface area contributed by atoms with Gasteiger partial charge in [-0.2, -0.15) is 5.10 Å². The first-order chi connectivity index (χ1) is 12.1. The highest BCUT2D eigenvalue weighted by Crippen LogP contribution is 2.17. The van der Waals surface area contributed by atoms with Gasteiger partial charge in [-0.3, -0.25) is 9.89 Å². The average molecular weight is 335 g/mol. The standard InChI is InChI=1S/C18H17N5O2/c1-23(2)12-6-7-16-14(9-12)13-8-11(4-3-5-15(13)25-16)21-18(24)17-19-10-20-22-17/h3-8,10H,9H2,1-2H3,(H,21,24)(H,19,20,22). The van der Waals surface area contributed by atoms with Gasteiger partial charge in [-0.1, -0.05) is 6.08 Å². The number of nitrogens with zero attached hydrogens (tertiary/aromatic N) is 3. The van der Waals surface area contributed by atoms with Crippen molar-refractivity contribution in [3.8, 4) is 0 Å². The first-order valence-electron chi connectivity index (χ1n) is 7.88. The number of aromatic nitrogens is 3. The normalized spacial score (nSPS) is 15.0. The van der Waals surface area contributed by atoms with Crippen LogP contribution < -0.4 is 16.1 Å². The lowest BCUT2D eigenvalue weighted by Gasteiger charge is -2.18. The summed E-state index contributed by atoms with van der Waals surface area (Å²) in [5.41, 5.74) is 5.62. The Kier molecular flexibility index (Phi) is 3.61. The summed E-state index contributed by atoms with van der Waals surface area (Å²) in [5.74, 6) is -0.169. The molecule has 0 saturated heterocycles. The van der Waals surface area contributed by atoms with Crippen LogP contribution in [0.25, 0.3) is 18.2 Å². The number of likely N-dealkylation sites (N-methyl/N-ethyl adjacent to an activating group) is 1. The minimum atomic E-state index is -0.338. The average Bonchev–Trinajstić information content (AvgIpc) is 3.19.